The number of amides is 2. The molecular formula is C23H15ClFNO2. The summed E-state index contributed by atoms with van der Waals surface area (Å²) >= 11 is 6.15. The maximum Gasteiger partial charge on any atom is 0.265 e. The smallest absolute Gasteiger partial charge is 0.265 e. The monoisotopic (exact) mass is 391 g/mol. The summed E-state index contributed by atoms with van der Waals surface area (Å²) in [7, 11) is 0. The molecule has 1 aliphatic heterocycles. The minimum absolute atomic E-state index is 0.112. The van der Waals surface area contributed by atoms with Gasteiger partial charge in [0.05, 0.1) is 10.7 Å². The fourth-order valence-corrected chi connectivity index (χ4v) is 3.50. The van der Waals surface area contributed by atoms with Gasteiger partial charge in [-0.2, -0.15) is 0 Å². The Morgan fingerprint density at radius 3 is 2.32 bits per heavy atom. The molecule has 0 spiro atoms. The van der Waals surface area contributed by atoms with Gasteiger partial charge in [0.25, 0.3) is 11.8 Å². The standard InChI is InChI=1S/C23H15ClFNO2/c1-14-6-4-7-15(12-14)26-22(27)17-9-3-2-8-16(17)18(23(26)28)13-19-20(24)10-5-11-21(19)25/h2-13H,1H3/b18-13-. The number of benzene rings is 3. The number of nitrogens with zero attached hydrogens (tertiary/aromatic N) is 1. The molecule has 1 aliphatic rings. The maximum absolute atomic E-state index is 14.3. The molecule has 4 rings (SSSR count). The molecular weight excluding hydrogens is 377 g/mol. The lowest BCUT2D eigenvalue weighted by Crippen LogP contribution is -2.41. The molecule has 0 saturated heterocycles. The zero-order valence-corrected chi connectivity index (χ0v) is 15.7. The van der Waals surface area contributed by atoms with Crippen LogP contribution in [0.4, 0.5) is 10.1 Å². The van der Waals surface area contributed by atoms with Crippen molar-refractivity contribution in [2.45, 2.75) is 6.92 Å². The minimum Gasteiger partial charge on any atom is -0.268 e. The number of aryl methyl sites for hydroxylation is 1. The normalized spacial score (nSPS) is 15.1. The Hall–Kier alpha value is -3.24. The van der Waals surface area contributed by atoms with Crippen LogP contribution in [0, 0.1) is 12.7 Å². The molecule has 5 heteroatoms. The molecule has 3 nitrogen and oxygen atoms in total. The van der Waals surface area contributed by atoms with Gasteiger partial charge in [-0.1, -0.05) is 48.0 Å². The third-order valence-corrected chi connectivity index (χ3v) is 4.96. The highest BCUT2D eigenvalue weighted by molar-refractivity contribution is 6.43. The van der Waals surface area contributed by atoms with Crippen LogP contribution in [0.25, 0.3) is 11.6 Å². The van der Waals surface area contributed by atoms with E-state index in [1.165, 1.54) is 18.2 Å². The number of fused-ring (bicyclic) bond motifs is 1. The van der Waals surface area contributed by atoms with Crippen molar-refractivity contribution in [1.29, 1.82) is 0 Å². The minimum atomic E-state index is -0.538. The Balaban J connectivity index is 1.95. The molecule has 2 amide bonds. The second-order valence-corrected chi connectivity index (χ2v) is 6.93. The van der Waals surface area contributed by atoms with Crippen LogP contribution in [-0.4, -0.2) is 11.8 Å². The third kappa shape index (κ3) is 3.02. The summed E-state index contributed by atoms with van der Waals surface area (Å²) in [6.45, 7) is 1.88. The number of carbonyl (C=O) groups excluding carboxylic acids is 2. The third-order valence-electron chi connectivity index (χ3n) is 4.63. The molecule has 0 atom stereocenters. The zero-order valence-electron chi connectivity index (χ0n) is 14.9. The van der Waals surface area contributed by atoms with Crippen molar-refractivity contribution in [3.05, 3.63) is 99.8 Å². The van der Waals surface area contributed by atoms with Gasteiger partial charge in [-0.25, -0.2) is 9.29 Å². The van der Waals surface area contributed by atoms with E-state index in [1.54, 1.807) is 48.5 Å². The summed E-state index contributed by atoms with van der Waals surface area (Å²) < 4.78 is 14.3. The topological polar surface area (TPSA) is 37.4 Å². The van der Waals surface area contributed by atoms with Gasteiger partial charge >= 0.3 is 0 Å². The highest BCUT2D eigenvalue weighted by atomic mass is 35.5. The van der Waals surface area contributed by atoms with Crippen LogP contribution in [0.3, 0.4) is 0 Å². The van der Waals surface area contributed by atoms with Crippen molar-refractivity contribution < 1.29 is 14.0 Å². The van der Waals surface area contributed by atoms with Crippen LogP contribution in [0.1, 0.15) is 27.0 Å². The number of hydrogen-bond acceptors (Lipinski definition) is 2. The summed E-state index contributed by atoms with van der Waals surface area (Å²) in [5, 5.41) is 0.191. The highest BCUT2D eigenvalue weighted by Gasteiger charge is 2.36. The first kappa shape index (κ1) is 18.1. The fourth-order valence-electron chi connectivity index (χ4n) is 3.29. The van der Waals surface area contributed by atoms with E-state index in [1.807, 2.05) is 13.0 Å². The van der Waals surface area contributed by atoms with Crippen molar-refractivity contribution in [1.82, 2.24) is 0 Å². The molecule has 138 valence electrons. The first-order valence-electron chi connectivity index (χ1n) is 8.68. The SMILES string of the molecule is Cc1cccc(N2C(=O)/C(=C\c3c(F)cccc3Cl)c3ccccc3C2=O)c1. The van der Waals surface area contributed by atoms with Gasteiger partial charge in [-0.15, -0.1) is 0 Å². The Labute approximate surface area is 166 Å². The predicted molar refractivity (Wildman–Crippen MR) is 109 cm³/mol. The Morgan fingerprint density at radius 1 is 0.893 bits per heavy atom. The zero-order chi connectivity index (χ0) is 19.8. The molecule has 0 aliphatic carbocycles. The van der Waals surface area contributed by atoms with Crippen molar-refractivity contribution in [2.24, 2.45) is 0 Å². The largest absolute Gasteiger partial charge is 0.268 e. The molecule has 0 bridgehead atoms. The van der Waals surface area contributed by atoms with Crippen molar-refractivity contribution in [3.8, 4) is 0 Å². The van der Waals surface area contributed by atoms with E-state index in [9.17, 15) is 14.0 Å². The van der Waals surface area contributed by atoms with Crippen LogP contribution >= 0.6 is 11.6 Å². The van der Waals surface area contributed by atoms with Crippen LogP contribution in [0.5, 0.6) is 0 Å². The first-order chi connectivity index (χ1) is 13.5. The van der Waals surface area contributed by atoms with E-state index in [4.69, 9.17) is 11.6 Å². The Morgan fingerprint density at radius 2 is 1.61 bits per heavy atom. The van der Waals surface area contributed by atoms with Crippen molar-refractivity contribution in [3.63, 3.8) is 0 Å². The summed E-state index contributed by atoms with van der Waals surface area (Å²) in [4.78, 5) is 27.5. The summed E-state index contributed by atoms with van der Waals surface area (Å²) in [6.07, 6.45) is 1.41. The fraction of sp³-hybridized carbons (Fsp3) is 0.0435. The molecule has 0 aromatic heterocycles. The van der Waals surface area contributed by atoms with Crippen LogP contribution in [-0.2, 0) is 4.79 Å². The van der Waals surface area contributed by atoms with Gasteiger partial charge < -0.3 is 0 Å². The number of imide groups is 1. The van der Waals surface area contributed by atoms with E-state index in [0.29, 0.717) is 16.8 Å². The van der Waals surface area contributed by atoms with E-state index in [-0.39, 0.29) is 16.2 Å². The van der Waals surface area contributed by atoms with Gasteiger partial charge in [0.2, 0.25) is 0 Å². The molecule has 28 heavy (non-hydrogen) atoms. The van der Waals surface area contributed by atoms with E-state index in [0.717, 1.165) is 10.5 Å². The lowest BCUT2D eigenvalue weighted by atomic mass is 9.91. The molecule has 0 saturated carbocycles. The Kier molecular flexibility index (Phi) is 4.57. The highest BCUT2D eigenvalue weighted by Crippen LogP contribution is 2.35. The van der Waals surface area contributed by atoms with E-state index < -0.39 is 17.6 Å². The average molecular weight is 392 g/mol. The maximum atomic E-state index is 14.3. The second kappa shape index (κ2) is 7.06. The molecule has 0 N–H and O–H groups in total. The summed E-state index contributed by atoms with van der Waals surface area (Å²) in [6, 6.07) is 18.3. The molecule has 0 unspecified atom stereocenters. The van der Waals surface area contributed by atoms with Crippen molar-refractivity contribution in [2.75, 3.05) is 4.90 Å². The first-order valence-corrected chi connectivity index (χ1v) is 9.06. The summed E-state index contributed by atoms with van der Waals surface area (Å²) in [5.74, 6) is -1.47. The number of carbonyl (C=O) groups is 2. The van der Waals surface area contributed by atoms with Gasteiger partial charge in [0.1, 0.15) is 5.82 Å². The lowest BCUT2D eigenvalue weighted by molar-refractivity contribution is -0.112. The van der Waals surface area contributed by atoms with Crippen LogP contribution in [0.2, 0.25) is 5.02 Å². The molecule has 3 aromatic carbocycles. The summed E-state index contributed by atoms with van der Waals surface area (Å²) in [5.41, 5.74) is 2.54. The van der Waals surface area contributed by atoms with E-state index >= 15 is 0 Å². The number of rotatable bonds is 2. The van der Waals surface area contributed by atoms with Crippen molar-refractivity contribution >= 4 is 40.8 Å². The molecule has 0 radical (unpaired) electrons. The predicted octanol–water partition coefficient (Wildman–Crippen LogP) is 5.52. The molecule has 0 fully saturated rings. The number of halogens is 2. The van der Waals surface area contributed by atoms with Gasteiger partial charge in [-0.05, 0) is 54.5 Å². The van der Waals surface area contributed by atoms with Gasteiger partial charge in [0.15, 0.2) is 0 Å². The average Bonchev–Trinajstić information content (AvgIpc) is 2.67. The quantitative estimate of drug-likeness (QED) is 0.426. The number of anilines is 1. The lowest BCUT2D eigenvalue weighted by Gasteiger charge is -2.29. The van der Waals surface area contributed by atoms with Gasteiger partial charge in [0, 0.05) is 16.7 Å². The second-order valence-electron chi connectivity index (χ2n) is 6.52. The van der Waals surface area contributed by atoms with Gasteiger partial charge in [-0.3, -0.25) is 9.59 Å². The van der Waals surface area contributed by atoms with Crippen LogP contribution < -0.4 is 4.90 Å². The molecule has 3 aromatic rings. The van der Waals surface area contributed by atoms with E-state index in [2.05, 4.69) is 0 Å². The Bertz CT molecular complexity index is 1130. The number of hydrogen-bond donors (Lipinski definition) is 0. The van der Waals surface area contributed by atoms with Crippen LogP contribution in [0.15, 0.2) is 66.7 Å². The molecule has 1 heterocycles.